The number of sulfonamides is 1. The Hall–Kier alpha value is -1.43. The topological polar surface area (TPSA) is 60.2 Å². The second-order valence-corrected chi connectivity index (χ2v) is 6.39. The van der Waals surface area contributed by atoms with Gasteiger partial charge in [-0.15, -0.1) is 11.3 Å². The van der Waals surface area contributed by atoms with Gasteiger partial charge in [0.1, 0.15) is 0 Å². The standard InChI is InChI=1S/C12H9NO2S2/c13-17(14,15)11-7-3-6-10-12(11)8-4-1-2-5-9(8)16-10/h1-7H,(H2,13,14,15). The molecule has 1 heterocycles. The van der Waals surface area contributed by atoms with E-state index in [1.54, 1.807) is 23.5 Å². The summed E-state index contributed by atoms with van der Waals surface area (Å²) in [6, 6.07) is 12.9. The van der Waals surface area contributed by atoms with Crippen LogP contribution in [0.1, 0.15) is 0 Å². The van der Waals surface area contributed by atoms with Crippen molar-refractivity contribution in [2.75, 3.05) is 0 Å². The lowest BCUT2D eigenvalue weighted by Gasteiger charge is -2.00. The number of primary sulfonamides is 1. The maximum absolute atomic E-state index is 11.6. The number of hydrogen-bond donors (Lipinski definition) is 1. The molecule has 2 N–H and O–H groups in total. The van der Waals surface area contributed by atoms with Gasteiger partial charge >= 0.3 is 0 Å². The van der Waals surface area contributed by atoms with Crippen LogP contribution in [0.15, 0.2) is 47.4 Å². The van der Waals surface area contributed by atoms with Gasteiger partial charge in [-0.25, -0.2) is 13.6 Å². The molecular weight excluding hydrogens is 254 g/mol. The van der Waals surface area contributed by atoms with E-state index in [0.717, 1.165) is 20.2 Å². The molecule has 3 nitrogen and oxygen atoms in total. The molecule has 0 unspecified atom stereocenters. The summed E-state index contributed by atoms with van der Waals surface area (Å²) in [5.41, 5.74) is 0. The van der Waals surface area contributed by atoms with E-state index in [1.807, 2.05) is 30.3 Å². The van der Waals surface area contributed by atoms with Crippen molar-refractivity contribution in [2.45, 2.75) is 4.90 Å². The summed E-state index contributed by atoms with van der Waals surface area (Å²) in [5, 5.41) is 6.92. The minimum absolute atomic E-state index is 0.201. The zero-order valence-electron chi connectivity index (χ0n) is 8.75. The van der Waals surface area contributed by atoms with Crippen LogP contribution in [0.5, 0.6) is 0 Å². The third-order valence-electron chi connectivity index (χ3n) is 2.67. The van der Waals surface area contributed by atoms with E-state index in [4.69, 9.17) is 5.14 Å². The van der Waals surface area contributed by atoms with E-state index in [0.29, 0.717) is 0 Å². The molecule has 3 rings (SSSR count). The summed E-state index contributed by atoms with van der Waals surface area (Å²) < 4.78 is 25.2. The van der Waals surface area contributed by atoms with Crippen LogP contribution >= 0.6 is 11.3 Å². The number of rotatable bonds is 1. The van der Waals surface area contributed by atoms with E-state index < -0.39 is 10.0 Å². The Labute approximate surface area is 103 Å². The highest BCUT2D eigenvalue weighted by atomic mass is 32.2. The lowest BCUT2D eigenvalue weighted by molar-refractivity contribution is 0.598. The number of hydrogen-bond acceptors (Lipinski definition) is 3. The molecule has 1 aromatic heterocycles. The van der Waals surface area contributed by atoms with Gasteiger partial charge in [-0.1, -0.05) is 24.3 Å². The van der Waals surface area contributed by atoms with Crippen LogP contribution in [0.25, 0.3) is 20.2 Å². The molecule has 0 fully saturated rings. The van der Waals surface area contributed by atoms with Crippen molar-refractivity contribution in [3.05, 3.63) is 42.5 Å². The Morgan fingerprint density at radius 2 is 1.65 bits per heavy atom. The fraction of sp³-hybridized carbons (Fsp3) is 0. The first kappa shape index (κ1) is 10.7. The predicted octanol–water partition coefficient (Wildman–Crippen LogP) is 2.70. The Kier molecular flexibility index (Phi) is 2.22. The van der Waals surface area contributed by atoms with Gasteiger partial charge in [0.25, 0.3) is 0 Å². The van der Waals surface area contributed by atoms with Gasteiger partial charge < -0.3 is 0 Å². The number of nitrogens with two attached hydrogens (primary N) is 1. The summed E-state index contributed by atoms with van der Waals surface area (Å²) in [5.74, 6) is 0. The summed E-state index contributed by atoms with van der Waals surface area (Å²) in [7, 11) is -3.68. The molecular formula is C12H9NO2S2. The fourth-order valence-corrected chi connectivity index (χ4v) is 3.95. The zero-order chi connectivity index (χ0) is 12.0. The van der Waals surface area contributed by atoms with E-state index in [9.17, 15) is 8.42 Å². The van der Waals surface area contributed by atoms with Crippen molar-refractivity contribution in [3.8, 4) is 0 Å². The molecule has 0 bridgehead atoms. The smallest absolute Gasteiger partial charge is 0.225 e. The van der Waals surface area contributed by atoms with Crippen LogP contribution < -0.4 is 5.14 Å². The molecule has 0 atom stereocenters. The van der Waals surface area contributed by atoms with Crippen molar-refractivity contribution in [3.63, 3.8) is 0 Å². The predicted molar refractivity (Wildman–Crippen MR) is 70.7 cm³/mol. The molecule has 0 aliphatic heterocycles. The maximum Gasteiger partial charge on any atom is 0.238 e. The van der Waals surface area contributed by atoms with Crippen LogP contribution in [-0.2, 0) is 10.0 Å². The van der Waals surface area contributed by atoms with Crippen molar-refractivity contribution >= 4 is 41.5 Å². The van der Waals surface area contributed by atoms with Gasteiger partial charge in [0.15, 0.2) is 0 Å². The largest absolute Gasteiger partial charge is 0.238 e. The average molecular weight is 263 g/mol. The van der Waals surface area contributed by atoms with Crippen LogP contribution in [0.2, 0.25) is 0 Å². The van der Waals surface area contributed by atoms with Crippen LogP contribution in [-0.4, -0.2) is 8.42 Å². The first-order valence-electron chi connectivity index (χ1n) is 5.00. The second kappa shape index (κ2) is 3.53. The Morgan fingerprint density at radius 3 is 2.41 bits per heavy atom. The van der Waals surface area contributed by atoms with Gasteiger partial charge in [0.05, 0.1) is 4.90 Å². The normalized spacial score (nSPS) is 12.3. The van der Waals surface area contributed by atoms with Crippen LogP contribution in [0.4, 0.5) is 0 Å². The third-order valence-corrected chi connectivity index (χ3v) is 4.76. The van der Waals surface area contributed by atoms with Gasteiger partial charge in [-0.3, -0.25) is 0 Å². The molecule has 0 spiro atoms. The van der Waals surface area contributed by atoms with E-state index in [-0.39, 0.29) is 4.90 Å². The SMILES string of the molecule is NS(=O)(=O)c1cccc2sc3ccccc3c12. The highest BCUT2D eigenvalue weighted by Gasteiger charge is 2.15. The third kappa shape index (κ3) is 1.63. The summed E-state index contributed by atoms with van der Waals surface area (Å²) in [6.45, 7) is 0. The van der Waals surface area contributed by atoms with Crippen molar-refractivity contribution < 1.29 is 8.42 Å². The van der Waals surface area contributed by atoms with Crippen LogP contribution in [0, 0.1) is 0 Å². The number of thiophene rings is 1. The van der Waals surface area contributed by atoms with Crippen molar-refractivity contribution in [1.29, 1.82) is 0 Å². The molecule has 2 aromatic carbocycles. The van der Waals surface area contributed by atoms with Crippen LogP contribution in [0.3, 0.4) is 0 Å². The summed E-state index contributed by atoms with van der Waals surface area (Å²) >= 11 is 1.57. The average Bonchev–Trinajstić information content (AvgIpc) is 2.65. The van der Waals surface area contributed by atoms with E-state index >= 15 is 0 Å². The lowest BCUT2D eigenvalue weighted by Crippen LogP contribution is -2.12. The minimum Gasteiger partial charge on any atom is -0.225 e. The highest BCUT2D eigenvalue weighted by Crippen LogP contribution is 2.36. The first-order chi connectivity index (χ1) is 8.07. The number of benzene rings is 2. The molecule has 0 saturated heterocycles. The van der Waals surface area contributed by atoms with E-state index in [2.05, 4.69) is 0 Å². The first-order valence-corrected chi connectivity index (χ1v) is 7.37. The molecule has 0 saturated carbocycles. The maximum atomic E-state index is 11.6. The molecule has 86 valence electrons. The van der Waals surface area contributed by atoms with Gasteiger partial charge in [-0.2, -0.15) is 0 Å². The molecule has 0 aliphatic rings. The molecule has 0 amide bonds. The van der Waals surface area contributed by atoms with Gasteiger partial charge in [-0.05, 0) is 18.2 Å². The monoisotopic (exact) mass is 263 g/mol. The number of fused-ring (bicyclic) bond motifs is 3. The molecule has 0 radical (unpaired) electrons. The summed E-state index contributed by atoms with van der Waals surface area (Å²) in [6.07, 6.45) is 0. The van der Waals surface area contributed by atoms with Crippen molar-refractivity contribution in [1.82, 2.24) is 0 Å². The Balaban J connectivity index is 2.61. The van der Waals surface area contributed by atoms with Gasteiger partial charge in [0, 0.05) is 20.2 Å². The molecule has 5 heteroatoms. The fourth-order valence-electron chi connectivity index (χ4n) is 1.98. The minimum atomic E-state index is -3.68. The summed E-state index contributed by atoms with van der Waals surface area (Å²) in [4.78, 5) is 0.201. The Bertz CT molecular complexity index is 819. The molecule has 0 aliphatic carbocycles. The lowest BCUT2D eigenvalue weighted by atomic mass is 10.1. The zero-order valence-corrected chi connectivity index (χ0v) is 10.4. The molecule has 3 aromatic rings. The highest BCUT2D eigenvalue weighted by molar-refractivity contribution is 7.89. The van der Waals surface area contributed by atoms with E-state index in [1.165, 1.54) is 0 Å². The second-order valence-electron chi connectivity index (χ2n) is 3.77. The molecule has 17 heavy (non-hydrogen) atoms. The van der Waals surface area contributed by atoms with Crippen molar-refractivity contribution in [2.24, 2.45) is 5.14 Å². The van der Waals surface area contributed by atoms with Gasteiger partial charge in [0.2, 0.25) is 10.0 Å². The quantitative estimate of drug-likeness (QED) is 0.733. The Morgan fingerprint density at radius 1 is 0.941 bits per heavy atom.